The summed E-state index contributed by atoms with van der Waals surface area (Å²) in [6.07, 6.45) is 5.33. The summed E-state index contributed by atoms with van der Waals surface area (Å²) in [6.45, 7) is 0.233. The van der Waals surface area contributed by atoms with Crippen LogP contribution in [0.1, 0.15) is 17.0 Å². The molecule has 2 N–H and O–H groups in total. The van der Waals surface area contributed by atoms with Crippen molar-refractivity contribution in [1.82, 2.24) is 0 Å². The maximum Gasteiger partial charge on any atom is 0.231 e. The number of nitrogens with two attached hydrogens (primary N) is 1. The Hall–Kier alpha value is -3.29. The van der Waals surface area contributed by atoms with Crippen LogP contribution in [0.4, 0.5) is 0 Å². The largest absolute Gasteiger partial charge is 0.481 e. The van der Waals surface area contributed by atoms with Gasteiger partial charge in [0.15, 0.2) is 11.5 Å². The number of rotatable bonds is 3. The lowest BCUT2D eigenvalue weighted by Gasteiger charge is -2.28. The van der Waals surface area contributed by atoms with Gasteiger partial charge in [0.1, 0.15) is 29.7 Å². The Kier molecular flexibility index (Phi) is 4.31. The first kappa shape index (κ1) is 17.1. The van der Waals surface area contributed by atoms with Gasteiger partial charge in [-0.05, 0) is 24.3 Å². The monoisotopic (exact) mass is 424 g/mol. The minimum atomic E-state index is -0.501. The van der Waals surface area contributed by atoms with Crippen LogP contribution in [0.25, 0.3) is 0 Å². The maximum absolute atomic E-state index is 9.74. The van der Waals surface area contributed by atoms with Crippen molar-refractivity contribution in [2.24, 2.45) is 5.73 Å². The van der Waals surface area contributed by atoms with Crippen LogP contribution in [0.15, 0.2) is 46.3 Å². The standard InChI is InChI=1S/C20H13BrN2O4/c1-2-5-24-15-4-3-11(21)6-12(15)19-13-7-17-18(26-10-25-17)8-16(13)27-20(23)14(19)9-22/h1,3-4,6-8,19H,5,10,23H2/t19-/m1/s1. The summed E-state index contributed by atoms with van der Waals surface area (Å²) < 4.78 is 23.1. The Morgan fingerprint density at radius 3 is 2.70 bits per heavy atom. The second kappa shape index (κ2) is 6.79. The molecule has 1 atom stereocenters. The summed E-state index contributed by atoms with van der Waals surface area (Å²) in [5.74, 6) is 4.21. The number of halogens is 1. The van der Waals surface area contributed by atoms with Gasteiger partial charge < -0.3 is 24.7 Å². The van der Waals surface area contributed by atoms with Gasteiger partial charge in [0, 0.05) is 21.7 Å². The molecule has 0 amide bonds. The van der Waals surface area contributed by atoms with E-state index in [9.17, 15) is 5.26 Å². The third-order valence-corrected chi connectivity index (χ3v) is 4.80. The van der Waals surface area contributed by atoms with Crippen LogP contribution in [0.5, 0.6) is 23.0 Å². The Morgan fingerprint density at radius 2 is 1.96 bits per heavy atom. The fourth-order valence-electron chi connectivity index (χ4n) is 3.16. The molecule has 7 heteroatoms. The molecule has 0 bridgehead atoms. The number of benzene rings is 2. The number of nitrogens with zero attached hydrogens (tertiary/aromatic N) is 1. The average molecular weight is 425 g/mol. The van der Waals surface area contributed by atoms with Gasteiger partial charge in [0.05, 0.1) is 5.92 Å². The Balaban J connectivity index is 1.93. The molecule has 27 heavy (non-hydrogen) atoms. The third-order valence-electron chi connectivity index (χ3n) is 4.30. The van der Waals surface area contributed by atoms with E-state index in [0.717, 1.165) is 15.6 Å². The minimum Gasteiger partial charge on any atom is -0.481 e. The number of nitriles is 1. The first-order chi connectivity index (χ1) is 13.1. The van der Waals surface area contributed by atoms with E-state index in [2.05, 4.69) is 27.9 Å². The molecule has 2 heterocycles. The highest BCUT2D eigenvalue weighted by atomic mass is 79.9. The van der Waals surface area contributed by atoms with E-state index in [-0.39, 0.29) is 24.9 Å². The highest BCUT2D eigenvalue weighted by molar-refractivity contribution is 9.10. The maximum atomic E-state index is 9.74. The summed E-state index contributed by atoms with van der Waals surface area (Å²) in [4.78, 5) is 0. The van der Waals surface area contributed by atoms with Gasteiger partial charge in [-0.3, -0.25) is 0 Å². The highest BCUT2D eigenvalue weighted by Crippen LogP contribution is 2.49. The third kappa shape index (κ3) is 2.92. The zero-order valence-corrected chi connectivity index (χ0v) is 15.6. The molecule has 2 aliphatic rings. The molecular weight excluding hydrogens is 412 g/mol. The van der Waals surface area contributed by atoms with Crippen LogP contribution in [0.2, 0.25) is 0 Å². The predicted molar refractivity (Wildman–Crippen MR) is 100 cm³/mol. The molecule has 0 saturated carbocycles. The van der Waals surface area contributed by atoms with Gasteiger partial charge in [-0.1, -0.05) is 21.9 Å². The van der Waals surface area contributed by atoms with Gasteiger partial charge in [-0.25, -0.2) is 0 Å². The Bertz CT molecular complexity index is 1050. The van der Waals surface area contributed by atoms with Crippen LogP contribution in [-0.2, 0) is 0 Å². The molecular formula is C20H13BrN2O4. The van der Waals surface area contributed by atoms with Crippen molar-refractivity contribution in [2.75, 3.05) is 13.4 Å². The number of ether oxygens (including phenoxy) is 4. The number of hydrogen-bond acceptors (Lipinski definition) is 6. The van der Waals surface area contributed by atoms with Crippen LogP contribution in [0, 0.1) is 23.7 Å². The lowest BCUT2D eigenvalue weighted by Crippen LogP contribution is -2.21. The van der Waals surface area contributed by atoms with Gasteiger partial charge in [-0.15, -0.1) is 6.42 Å². The molecule has 0 aliphatic carbocycles. The lowest BCUT2D eigenvalue weighted by molar-refractivity contribution is 0.174. The van der Waals surface area contributed by atoms with Crippen LogP contribution >= 0.6 is 15.9 Å². The molecule has 6 nitrogen and oxygen atoms in total. The van der Waals surface area contributed by atoms with E-state index in [1.807, 2.05) is 12.1 Å². The molecule has 0 spiro atoms. The van der Waals surface area contributed by atoms with Crippen molar-refractivity contribution in [3.8, 4) is 41.4 Å². The van der Waals surface area contributed by atoms with Gasteiger partial charge in [-0.2, -0.15) is 5.26 Å². The molecule has 0 saturated heterocycles. The van der Waals surface area contributed by atoms with E-state index in [0.29, 0.717) is 23.0 Å². The topological polar surface area (TPSA) is 86.7 Å². The molecule has 2 aliphatic heterocycles. The molecule has 0 radical (unpaired) electrons. The van der Waals surface area contributed by atoms with Crippen molar-refractivity contribution in [1.29, 1.82) is 5.26 Å². The van der Waals surface area contributed by atoms with Crippen LogP contribution < -0.4 is 24.7 Å². The molecule has 4 rings (SSSR count). The first-order valence-corrected chi connectivity index (χ1v) is 8.78. The summed E-state index contributed by atoms with van der Waals surface area (Å²) in [7, 11) is 0. The number of fused-ring (bicyclic) bond motifs is 2. The molecule has 0 aromatic heterocycles. The van der Waals surface area contributed by atoms with E-state index in [1.54, 1.807) is 18.2 Å². The highest BCUT2D eigenvalue weighted by Gasteiger charge is 2.35. The van der Waals surface area contributed by atoms with Gasteiger partial charge in [0.2, 0.25) is 12.7 Å². The fraction of sp³-hybridized carbons (Fsp3) is 0.150. The van der Waals surface area contributed by atoms with Crippen molar-refractivity contribution < 1.29 is 18.9 Å². The van der Waals surface area contributed by atoms with E-state index in [4.69, 9.17) is 31.1 Å². The van der Waals surface area contributed by atoms with Crippen LogP contribution in [-0.4, -0.2) is 13.4 Å². The molecule has 2 aromatic rings. The number of hydrogen-bond donors (Lipinski definition) is 1. The zero-order valence-electron chi connectivity index (χ0n) is 14.0. The summed E-state index contributed by atoms with van der Waals surface area (Å²) in [6, 6.07) is 11.2. The van der Waals surface area contributed by atoms with E-state index >= 15 is 0 Å². The smallest absolute Gasteiger partial charge is 0.231 e. The second-order valence-corrected chi connectivity index (χ2v) is 6.76. The first-order valence-electron chi connectivity index (χ1n) is 7.99. The molecule has 0 fully saturated rings. The number of allylic oxidation sites excluding steroid dienone is 1. The van der Waals surface area contributed by atoms with Crippen molar-refractivity contribution in [3.05, 3.63) is 57.4 Å². The Morgan fingerprint density at radius 1 is 1.19 bits per heavy atom. The van der Waals surface area contributed by atoms with Crippen molar-refractivity contribution in [2.45, 2.75) is 5.92 Å². The van der Waals surface area contributed by atoms with Gasteiger partial charge in [0.25, 0.3) is 0 Å². The summed E-state index contributed by atoms with van der Waals surface area (Å²) in [5, 5.41) is 9.74. The van der Waals surface area contributed by atoms with Crippen LogP contribution in [0.3, 0.4) is 0 Å². The van der Waals surface area contributed by atoms with E-state index in [1.165, 1.54) is 0 Å². The minimum absolute atomic E-state index is 0.0386. The predicted octanol–water partition coefficient (Wildman–Crippen LogP) is 3.41. The van der Waals surface area contributed by atoms with Crippen molar-refractivity contribution >= 4 is 15.9 Å². The molecule has 2 aromatic carbocycles. The van der Waals surface area contributed by atoms with Crippen molar-refractivity contribution in [3.63, 3.8) is 0 Å². The Labute approximate surface area is 164 Å². The quantitative estimate of drug-likeness (QED) is 0.759. The second-order valence-electron chi connectivity index (χ2n) is 5.84. The summed E-state index contributed by atoms with van der Waals surface area (Å²) in [5.41, 5.74) is 7.79. The fourth-order valence-corrected chi connectivity index (χ4v) is 3.54. The lowest BCUT2D eigenvalue weighted by atomic mass is 9.83. The summed E-state index contributed by atoms with van der Waals surface area (Å²) >= 11 is 3.48. The molecule has 134 valence electrons. The van der Waals surface area contributed by atoms with E-state index < -0.39 is 5.92 Å². The normalized spacial score (nSPS) is 16.8. The number of terminal acetylenes is 1. The zero-order chi connectivity index (χ0) is 19.0. The molecule has 0 unspecified atom stereocenters. The average Bonchev–Trinajstić information content (AvgIpc) is 3.11. The van der Waals surface area contributed by atoms with Gasteiger partial charge >= 0.3 is 0 Å². The SMILES string of the molecule is C#CCOc1ccc(Br)cc1[C@H]1C(C#N)=C(N)Oc2cc3c(cc21)OCO3.